The van der Waals surface area contributed by atoms with E-state index in [9.17, 15) is 9.59 Å². The van der Waals surface area contributed by atoms with Crippen LogP contribution in [0.15, 0.2) is 24.3 Å². The summed E-state index contributed by atoms with van der Waals surface area (Å²) in [6.07, 6.45) is 0. The molecule has 1 aromatic rings. The van der Waals surface area contributed by atoms with Crippen molar-refractivity contribution in [2.75, 3.05) is 0 Å². The van der Waals surface area contributed by atoms with E-state index >= 15 is 0 Å². The summed E-state index contributed by atoms with van der Waals surface area (Å²) in [5, 5.41) is 8.80. The van der Waals surface area contributed by atoms with E-state index in [0.717, 1.165) is 0 Å². The van der Waals surface area contributed by atoms with Crippen LogP contribution in [0.4, 0.5) is 0 Å². The Hall–Kier alpha value is -1.84. The number of nitrogens with two attached hydrogens (primary N) is 1. The van der Waals surface area contributed by atoms with Crippen molar-refractivity contribution in [2.45, 2.75) is 19.3 Å². The van der Waals surface area contributed by atoms with Crippen LogP contribution >= 0.6 is 0 Å². The van der Waals surface area contributed by atoms with Gasteiger partial charge in [-0.1, -0.05) is 12.1 Å². The molecule has 80 valence electrons. The van der Waals surface area contributed by atoms with Gasteiger partial charge in [0, 0.05) is 0 Å². The quantitative estimate of drug-likeness (QED) is 0.780. The zero-order valence-electron chi connectivity index (χ0n) is 8.65. The van der Waals surface area contributed by atoms with Crippen LogP contribution in [0.5, 0.6) is 0 Å². The lowest BCUT2D eigenvalue weighted by Gasteiger charge is -2.21. The Labute approximate surface area is 87.7 Å². The third-order valence-electron chi connectivity index (χ3n) is 2.45. The number of primary amides is 1. The normalized spacial score (nSPS) is 11.1. The lowest BCUT2D eigenvalue weighted by molar-refractivity contribution is -0.122. The van der Waals surface area contributed by atoms with Crippen molar-refractivity contribution in [3.05, 3.63) is 35.4 Å². The average molecular weight is 207 g/mol. The number of hydrogen-bond donors (Lipinski definition) is 2. The fourth-order valence-electron chi connectivity index (χ4n) is 1.18. The third-order valence-corrected chi connectivity index (χ3v) is 2.45. The summed E-state index contributed by atoms with van der Waals surface area (Å²) >= 11 is 0. The lowest BCUT2D eigenvalue weighted by atomic mass is 9.83. The van der Waals surface area contributed by atoms with Gasteiger partial charge in [-0.2, -0.15) is 0 Å². The number of carbonyl (C=O) groups excluding carboxylic acids is 1. The minimum Gasteiger partial charge on any atom is -0.478 e. The summed E-state index contributed by atoms with van der Waals surface area (Å²) in [5.74, 6) is -1.50. The number of amides is 1. The second kappa shape index (κ2) is 3.73. The van der Waals surface area contributed by atoms with E-state index in [1.807, 2.05) is 0 Å². The van der Waals surface area contributed by atoms with Crippen LogP contribution in [-0.4, -0.2) is 17.0 Å². The standard InChI is InChI=1S/C11H13NO3/c1-11(2,10(12)15)8-5-3-4-7(6-8)9(13)14/h3-6H,1-2H3,(H2,12,15)(H,13,14). The van der Waals surface area contributed by atoms with Crippen molar-refractivity contribution in [3.8, 4) is 0 Å². The molecule has 1 amide bonds. The van der Waals surface area contributed by atoms with Crippen molar-refractivity contribution >= 4 is 11.9 Å². The summed E-state index contributed by atoms with van der Waals surface area (Å²) in [6.45, 7) is 3.33. The van der Waals surface area contributed by atoms with Crippen molar-refractivity contribution in [1.29, 1.82) is 0 Å². The molecule has 0 bridgehead atoms. The van der Waals surface area contributed by atoms with Crippen LogP contribution in [0, 0.1) is 0 Å². The molecule has 0 saturated heterocycles. The van der Waals surface area contributed by atoms with Crippen molar-refractivity contribution in [1.82, 2.24) is 0 Å². The molecule has 0 aliphatic rings. The molecule has 1 aromatic carbocycles. The highest BCUT2D eigenvalue weighted by Crippen LogP contribution is 2.23. The van der Waals surface area contributed by atoms with Gasteiger partial charge in [0.05, 0.1) is 11.0 Å². The number of hydrogen-bond acceptors (Lipinski definition) is 2. The lowest BCUT2D eigenvalue weighted by Crippen LogP contribution is -2.35. The molecule has 4 nitrogen and oxygen atoms in total. The highest BCUT2D eigenvalue weighted by molar-refractivity contribution is 5.90. The Balaban J connectivity index is 3.21. The van der Waals surface area contributed by atoms with Crippen molar-refractivity contribution in [2.24, 2.45) is 5.73 Å². The number of carboxylic acid groups (broad SMARTS) is 1. The van der Waals surface area contributed by atoms with Gasteiger partial charge in [0.2, 0.25) is 5.91 Å². The smallest absolute Gasteiger partial charge is 0.335 e. The van der Waals surface area contributed by atoms with Crippen LogP contribution in [-0.2, 0) is 10.2 Å². The predicted octanol–water partition coefficient (Wildman–Crippen LogP) is 1.15. The first-order chi connectivity index (χ1) is 6.85. The Kier molecular flexibility index (Phi) is 2.79. The molecule has 0 heterocycles. The van der Waals surface area contributed by atoms with Crippen LogP contribution in [0.1, 0.15) is 29.8 Å². The summed E-state index contributed by atoms with van der Waals surface area (Å²) in [5.41, 5.74) is 5.15. The van der Waals surface area contributed by atoms with Crippen molar-refractivity contribution < 1.29 is 14.7 Å². The van der Waals surface area contributed by atoms with Gasteiger partial charge in [-0.3, -0.25) is 4.79 Å². The summed E-state index contributed by atoms with van der Waals surface area (Å²) in [4.78, 5) is 21.9. The van der Waals surface area contributed by atoms with E-state index in [0.29, 0.717) is 5.56 Å². The van der Waals surface area contributed by atoms with Gasteiger partial charge in [-0.05, 0) is 31.5 Å². The summed E-state index contributed by atoms with van der Waals surface area (Å²) in [7, 11) is 0. The fourth-order valence-corrected chi connectivity index (χ4v) is 1.18. The summed E-state index contributed by atoms with van der Waals surface area (Å²) in [6, 6.07) is 6.23. The molecular formula is C11H13NO3. The molecular weight excluding hydrogens is 194 g/mol. The highest BCUT2D eigenvalue weighted by Gasteiger charge is 2.27. The molecule has 0 aliphatic heterocycles. The molecule has 3 N–H and O–H groups in total. The number of carboxylic acids is 1. The predicted molar refractivity (Wildman–Crippen MR) is 55.6 cm³/mol. The fraction of sp³-hybridized carbons (Fsp3) is 0.273. The monoisotopic (exact) mass is 207 g/mol. The Morgan fingerprint density at radius 2 is 1.93 bits per heavy atom. The molecule has 0 aliphatic carbocycles. The minimum atomic E-state index is -1.02. The van der Waals surface area contributed by atoms with E-state index in [2.05, 4.69) is 0 Å². The second-order valence-electron chi connectivity index (χ2n) is 3.88. The number of carbonyl (C=O) groups is 2. The SMILES string of the molecule is CC(C)(C(N)=O)c1cccc(C(=O)O)c1. The van der Waals surface area contributed by atoms with E-state index in [1.165, 1.54) is 12.1 Å². The largest absolute Gasteiger partial charge is 0.478 e. The maximum absolute atomic E-state index is 11.2. The van der Waals surface area contributed by atoms with Crippen LogP contribution in [0.25, 0.3) is 0 Å². The molecule has 0 aromatic heterocycles. The zero-order chi connectivity index (χ0) is 11.6. The maximum atomic E-state index is 11.2. The molecule has 1 rings (SSSR count). The number of rotatable bonds is 3. The van der Waals surface area contributed by atoms with Gasteiger partial charge in [0.25, 0.3) is 0 Å². The van der Waals surface area contributed by atoms with Crippen molar-refractivity contribution in [3.63, 3.8) is 0 Å². The van der Waals surface area contributed by atoms with Crippen LogP contribution < -0.4 is 5.73 Å². The first-order valence-electron chi connectivity index (χ1n) is 4.49. The van der Waals surface area contributed by atoms with Crippen LogP contribution in [0.3, 0.4) is 0 Å². The van der Waals surface area contributed by atoms with Gasteiger partial charge in [-0.15, -0.1) is 0 Å². The van der Waals surface area contributed by atoms with E-state index in [4.69, 9.17) is 10.8 Å². The molecule has 0 atom stereocenters. The molecule has 0 fully saturated rings. The Bertz CT molecular complexity index is 410. The second-order valence-corrected chi connectivity index (χ2v) is 3.88. The first kappa shape index (κ1) is 11.2. The molecule has 4 heteroatoms. The molecule has 0 saturated carbocycles. The topological polar surface area (TPSA) is 80.4 Å². The zero-order valence-corrected chi connectivity index (χ0v) is 8.65. The van der Waals surface area contributed by atoms with Gasteiger partial charge in [-0.25, -0.2) is 4.79 Å². The molecule has 15 heavy (non-hydrogen) atoms. The minimum absolute atomic E-state index is 0.154. The number of benzene rings is 1. The summed E-state index contributed by atoms with van der Waals surface area (Å²) < 4.78 is 0. The Morgan fingerprint density at radius 3 is 2.40 bits per heavy atom. The highest BCUT2D eigenvalue weighted by atomic mass is 16.4. The molecule has 0 radical (unpaired) electrons. The average Bonchev–Trinajstić information content (AvgIpc) is 2.17. The Morgan fingerprint density at radius 1 is 1.33 bits per heavy atom. The third kappa shape index (κ3) is 2.15. The number of aromatic carboxylic acids is 1. The molecule has 0 spiro atoms. The van der Waals surface area contributed by atoms with Crippen LogP contribution in [0.2, 0.25) is 0 Å². The molecule has 0 unspecified atom stereocenters. The first-order valence-corrected chi connectivity index (χ1v) is 4.49. The van der Waals surface area contributed by atoms with Gasteiger partial charge < -0.3 is 10.8 Å². The van der Waals surface area contributed by atoms with Gasteiger partial charge in [0.1, 0.15) is 0 Å². The van der Waals surface area contributed by atoms with E-state index < -0.39 is 17.3 Å². The van der Waals surface area contributed by atoms with Gasteiger partial charge in [0.15, 0.2) is 0 Å². The maximum Gasteiger partial charge on any atom is 0.335 e. The van der Waals surface area contributed by atoms with E-state index in [-0.39, 0.29) is 5.56 Å². The van der Waals surface area contributed by atoms with E-state index in [1.54, 1.807) is 26.0 Å². The van der Waals surface area contributed by atoms with Gasteiger partial charge >= 0.3 is 5.97 Å².